The highest BCUT2D eigenvalue weighted by Crippen LogP contribution is 2.33. The van der Waals surface area contributed by atoms with Gasteiger partial charge in [0.15, 0.2) is 11.5 Å². The van der Waals surface area contributed by atoms with Gasteiger partial charge in [-0.25, -0.2) is 0 Å². The maximum atomic E-state index is 13.1. The summed E-state index contributed by atoms with van der Waals surface area (Å²) in [5.41, 5.74) is 2.80. The lowest BCUT2D eigenvalue weighted by molar-refractivity contribution is -0.113. The highest BCUT2D eigenvalue weighted by Gasteiger charge is 2.17. The van der Waals surface area contributed by atoms with Gasteiger partial charge < -0.3 is 20.1 Å². The van der Waals surface area contributed by atoms with Crippen molar-refractivity contribution in [2.75, 3.05) is 12.1 Å². The van der Waals surface area contributed by atoms with Gasteiger partial charge in [0.2, 0.25) is 6.79 Å². The first kappa shape index (κ1) is 22.1. The van der Waals surface area contributed by atoms with Crippen molar-refractivity contribution in [3.8, 4) is 11.5 Å². The Hall–Kier alpha value is -3.10. The van der Waals surface area contributed by atoms with Crippen molar-refractivity contribution in [1.29, 1.82) is 0 Å². The van der Waals surface area contributed by atoms with Crippen molar-refractivity contribution in [3.05, 3.63) is 92.0 Å². The molecule has 2 amide bonds. The van der Waals surface area contributed by atoms with E-state index in [2.05, 4.69) is 42.5 Å². The Bertz CT molecular complexity index is 1220. The summed E-state index contributed by atoms with van der Waals surface area (Å²) in [7, 11) is 0. The van der Waals surface area contributed by atoms with Crippen LogP contribution in [0.4, 0.5) is 5.69 Å². The number of carbonyl (C=O) groups excluding carboxylic acids is 2. The van der Waals surface area contributed by atoms with Crippen LogP contribution in [0.5, 0.6) is 11.5 Å². The number of halogens is 2. The van der Waals surface area contributed by atoms with Crippen LogP contribution in [0.1, 0.15) is 21.5 Å². The highest BCUT2D eigenvalue weighted by atomic mass is 79.9. The minimum absolute atomic E-state index is 0.0948. The molecule has 0 spiro atoms. The molecule has 0 fully saturated rings. The monoisotopic (exact) mass is 556 g/mol. The molecule has 0 unspecified atom stereocenters. The zero-order valence-corrected chi connectivity index (χ0v) is 20.1. The molecule has 0 radical (unpaired) electrons. The van der Waals surface area contributed by atoms with Crippen LogP contribution in [0.2, 0.25) is 0 Å². The lowest BCUT2D eigenvalue weighted by Crippen LogP contribution is -2.30. The fourth-order valence-corrected chi connectivity index (χ4v) is 3.56. The standard InChI is InChI=1S/C24H18Br2N2O4/c1-14-10-18(7-8-19(14)26)27-24(30)20(28-23(29)16-3-5-17(25)6-4-16)11-15-2-9-21-22(12-15)32-13-31-21/h2-12H,13H2,1H3,(H,27,30)(H,28,29). The van der Waals surface area contributed by atoms with Crippen molar-refractivity contribution in [2.45, 2.75) is 6.92 Å². The van der Waals surface area contributed by atoms with Gasteiger partial charge >= 0.3 is 0 Å². The first-order chi connectivity index (χ1) is 15.4. The molecule has 1 aliphatic rings. The summed E-state index contributed by atoms with van der Waals surface area (Å²) >= 11 is 6.80. The van der Waals surface area contributed by atoms with Crippen LogP contribution in [-0.4, -0.2) is 18.6 Å². The zero-order valence-electron chi connectivity index (χ0n) is 16.9. The smallest absolute Gasteiger partial charge is 0.272 e. The molecule has 0 saturated heterocycles. The van der Waals surface area contributed by atoms with Gasteiger partial charge in [0.05, 0.1) is 0 Å². The molecular weight excluding hydrogens is 540 g/mol. The average molecular weight is 558 g/mol. The van der Waals surface area contributed by atoms with Crippen molar-refractivity contribution in [2.24, 2.45) is 0 Å². The molecule has 0 saturated carbocycles. The lowest BCUT2D eigenvalue weighted by Gasteiger charge is -2.12. The fraction of sp³-hybridized carbons (Fsp3) is 0.0833. The summed E-state index contributed by atoms with van der Waals surface area (Å²) in [5, 5.41) is 5.57. The number of aryl methyl sites for hydroxylation is 1. The number of ether oxygens (including phenoxy) is 2. The second kappa shape index (κ2) is 9.58. The molecule has 0 aromatic heterocycles. The van der Waals surface area contributed by atoms with E-state index in [0.717, 1.165) is 14.5 Å². The average Bonchev–Trinajstić information content (AvgIpc) is 3.24. The number of fused-ring (bicyclic) bond motifs is 1. The number of hydrogen-bond donors (Lipinski definition) is 2. The molecule has 3 aromatic rings. The second-order valence-electron chi connectivity index (χ2n) is 7.05. The molecule has 162 valence electrons. The lowest BCUT2D eigenvalue weighted by atomic mass is 10.1. The normalized spacial score (nSPS) is 12.4. The Morgan fingerprint density at radius 2 is 1.69 bits per heavy atom. The van der Waals surface area contributed by atoms with Crippen LogP contribution in [0.15, 0.2) is 75.3 Å². The number of rotatable bonds is 5. The summed E-state index contributed by atoms with van der Waals surface area (Å²) in [6, 6.07) is 17.7. The van der Waals surface area contributed by atoms with Crippen LogP contribution >= 0.6 is 31.9 Å². The molecule has 1 heterocycles. The molecule has 0 atom stereocenters. The quantitative estimate of drug-likeness (QED) is 0.397. The minimum Gasteiger partial charge on any atom is -0.454 e. The molecule has 2 N–H and O–H groups in total. The Kier molecular flexibility index (Phi) is 6.62. The van der Waals surface area contributed by atoms with Gasteiger partial charge in [-0.05, 0) is 78.7 Å². The maximum absolute atomic E-state index is 13.1. The Balaban J connectivity index is 1.63. The van der Waals surface area contributed by atoms with Gasteiger partial charge in [-0.2, -0.15) is 0 Å². The first-order valence-corrected chi connectivity index (χ1v) is 11.2. The third-order valence-corrected chi connectivity index (χ3v) is 6.14. The molecule has 4 rings (SSSR count). The second-order valence-corrected chi connectivity index (χ2v) is 8.82. The number of amides is 2. The van der Waals surface area contributed by atoms with Gasteiger partial charge in [-0.3, -0.25) is 9.59 Å². The van der Waals surface area contributed by atoms with Gasteiger partial charge in [0.1, 0.15) is 5.70 Å². The molecular formula is C24H18Br2N2O4. The summed E-state index contributed by atoms with van der Waals surface area (Å²) < 4.78 is 12.5. The Morgan fingerprint density at radius 3 is 2.44 bits per heavy atom. The van der Waals surface area contributed by atoms with Crippen LogP contribution < -0.4 is 20.1 Å². The number of carbonyl (C=O) groups is 2. The summed E-state index contributed by atoms with van der Waals surface area (Å²) in [6.45, 7) is 2.08. The van der Waals surface area contributed by atoms with Gasteiger partial charge in [-0.15, -0.1) is 0 Å². The summed E-state index contributed by atoms with van der Waals surface area (Å²) in [6.07, 6.45) is 1.60. The molecule has 0 bridgehead atoms. The van der Waals surface area contributed by atoms with E-state index in [1.807, 2.05) is 19.1 Å². The summed E-state index contributed by atoms with van der Waals surface area (Å²) in [5.74, 6) is 0.375. The minimum atomic E-state index is -0.449. The van der Waals surface area contributed by atoms with Crippen LogP contribution in [0.25, 0.3) is 6.08 Å². The summed E-state index contributed by atoms with van der Waals surface area (Å²) in [4.78, 5) is 25.9. The van der Waals surface area contributed by atoms with Gasteiger partial charge in [0, 0.05) is 20.2 Å². The number of hydrogen-bond acceptors (Lipinski definition) is 4. The Labute approximate surface area is 201 Å². The topological polar surface area (TPSA) is 76.7 Å². The van der Waals surface area contributed by atoms with Crippen molar-refractivity contribution in [3.63, 3.8) is 0 Å². The fourth-order valence-electron chi connectivity index (χ4n) is 3.04. The number of anilines is 1. The van der Waals surface area contributed by atoms with Crippen LogP contribution in [-0.2, 0) is 4.79 Å². The van der Waals surface area contributed by atoms with E-state index in [1.165, 1.54) is 0 Å². The maximum Gasteiger partial charge on any atom is 0.272 e. The van der Waals surface area contributed by atoms with Crippen molar-refractivity contribution in [1.82, 2.24) is 5.32 Å². The molecule has 3 aromatic carbocycles. The van der Waals surface area contributed by atoms with Crippen LogP contribution in [0.3, 0.4) is 0 Å². The molecule has 0 aliphatic carbocycles. The van der Waals surface area contributed by atoms with E-state index in [9.17, 15) is 9.59 Å². The molecule has 32 heavy (non-hydrogen) atoms. The highest BCUT2D eigenvalue weighted by molar-refractivity contribution is 9.10. The largest absolute Gasteiger partial charge is 0.454 e. The SMILES string of the molecule is Cc1cc(NC(=O)C(=Cc2ccc3c(c2)OCO3)NC(=O)c2ccc(Br)cc2)ccc1Br. The predicted molar refractivity (Wildman–Crippen MR) is 130 cm³/mol. The Morgan fingerprint density at radius 1 is 0.938 bits per heavy atom. The first-order valence-electron chi connectivity index (χ1n) is 9.65. The van der Waals surface area contributed by atoms with Crippen LogP contribution in [0, 0.1) is 6.92 Å². The van der Waals surface area contributed by atoms with E-state index in [0.29, 0.717) is 28.3 Å². The number of nitrogens with one attached hydrogen (secondary N) is 2. The zero-order chi connectivity index (χ0) is 22.7. The molecule has 6 nitrogen and oxygen atoms in total. The molecule has 1 aliphatic heterocycles. The third-order valence-electron chi connectivity index (χ3n) is 4.72. The molecule has 8 heteroatoms. The van der Waals surface area contributed by atoms with Crippen molar-refractivity contribution < 1.29 is 19.1 Å². The predicted octanol–water partition coefficient (Wildman–Crippen LogP) is 5.66. The van der Waals surface area contributed by atoms with E-state index in [1.54, 1.807) is 54.6 Å². The number of benzene rings is 3. The van der Waals surface area contributed by atoms with E-state index < -0.39 is 11.8 Å². The van der Waals surface area contributed by atoms with Gasteiger partial charge in [-0.1, -0.05) is 37.9 Å². The van der Waals surface area contributed by atoms with Crippen molar-refractivity contribution >= 4 is 55.4 Å². The van der Waals surface area contributed by atoms with Gasteiger partial charge in [0.25, 0.3) is 11.8 Å². The van der Waals surface area contributed by atoms with E-state index >= 15 is 0 Å². The van der Waals surface area contributed by atoms with E-state index in [4.69, 9.17) is 9.47 Å². The van der Waals surface area contributed by atoms with E-state index in [-0.39, 0.29) is 12.5 Å². The third kappa shape index (κ3) is 5.20.